The maximum atomic E-state index is 12.2. The Morgan fingerprint density at radius 1 is 1.29 bits per heavy atom. The normalized spacial score (nSPS) is 29.8. The number of anilines is 1. The number of carbonyl (C=O) groups is 1. The monoisotopic (exact) mass is 434 g/mol. The summed E-state index contributed by atoms with van der Waals surface area (Å²) in [7, 11) is 0. The average Bonchev–Trinajstić information content (AvgIpc) is 3.30. The van der Waals surface area contributed by atoms with Crippen molar-refractivity contribution in [3.63, 3.8) is 0 Å². The van der Waals surface area contributed by atoms with E-state index in [-0.39, 0.29) is 6.61 Å². The predicted molar refractivity (Wildman–Crippen MR) is 111 cm³/mol. The molecule has 4 atom stereocenters. The molecule has 1 amide bonds. The zero-order chi connectivity index (χ0) is 22.6. The number of aliphatic hydroxyl groups excluding tert-OH is 1. The minimum Gasteiger partial charge on any atom is -0.444 e. The second-order valence-corrected chi connectivity index (χ2v) is 9.43. The molecule has 2 N–H and O–H groups in total. The molecule has 10 heteroatoms. The largest absolute Gasteiger partial charge is 0.444 e. The number of aliphatic hydroxyl groups is 1. The average molecular weight is 434 g/mol. The number of ether oxygens (including phenoxy) is 4. The van der Waals surface area contributed by atoms with Gasteiger partial charge in [0.15, 0.2) is 11.6 Å². The second-order valence-electron chi connectivity index (χ2n) is 9.43. The predicted octanol–water partition coefficient (Wildman–Crippen LogP) is 2.81. The fourth-order valence-corrected chi connectivity index (χ4v) is 4.22. The summed E-state index contributed by atoms with van der Waals surface area (Å²) in [4.78, 5) is 16.4. The lowest BCUT2D eigenvalue weighted by Crippen LogP contribution is -2.45. The van der Waals surface area contributed by atoms with Gasteiger partial charge in [-0.05, 0) is 53.2 Å². The molecule has 0 aromatic carbocycles. The molecule has 4 rings (SSSR count). The van der Waals surface area contributed by atoms with Crippen LogP contribution in [0.15, 0.2) is 18.5 Å². The lowest BCUT2D eigenvalue weighted by Gasteiger charge is -2.32. The summed E-state index contributed by atoms with van der Waals surface area (Å²) in [5, 5.41) is 17.2. The molecule has 0 radical (unpaired) electrons. The van der Waals surface area contributed by atoms with Gasteiger partial charge in [0.05, 0.1) is 12.3 Å². The summed E-state index contributed by atoms with van der Waals surface area (Å²) in [6, 6.07) is 3.65. The van der Waals surface area contributed by atoms with Gasteiger partial charge in [-0.3, -0.25) is 5.32 Å². The molecule has 0 saturated carbocycles. The van der Waals surface area contributed by atoms with Crippen LogP contribution in [0.2, 0.25) is 0 Å². The highest BCUT2D eigenvalue weighted by Crippen LogP contribution is 2.51. The molecular formula is C21H30N4O6. The van der Waals surface area contributed by atoms with E-state index in [0.29, 0.717) is 23.4 Å². The maximum Gasteiger partial charge on any atom is 0.413 e. The molecule has 4 heterocycles. The summed E-state index contributed by atoms with van der Waals surface area (Å²) >= 11 is 0. The third-order valence-electron chi connectivity index (χ3n) is 5.57. The summed E-state index contributed by atoms with van der Waals surface area (Å²) in [5.41, 5.74) is -0.213. The van der Waals surface area contributed by atoms with Gasteiger partial charge in [-0.2, -0.15) is 5.10 Å². The number of fused-ring (bicyclic) bond motifs is 2. The molecule has 2 saturated heterocycles. The zero-order valence-corrected chi connectivity index (χ0v) is 18.7. The summed E-state index contributed by atoms with van der Waals surface area (Å²) in [6.45, 7) is 10.8. The van der Waals surface area contributed by atoms with Crippen LogP contribution in [-0.4, -0.2) is 61.6 Å². The van der Waals surface area contributed by atoms with Crippen molar-refractivity contribution >= 4 is 17.4 Å². The number of nitrogens with one attached hydrogen (secondary N) is 1. The molecule has 2 aromatic rings. The van der Waals surface area contributed by atoms with Crippen molar-refractivity contribution in [2.24, 2.45) is 0 Å². The van der Waals surface area contributed by atoms with E-state index in [1.807, 2.05) is 26.8 Å². The van der Waals surface area contributed by atoms with Crippen molar-refractivity contribution in [2.45, 2.75) is 83.3 Å². The zero-order valence-electron chi connectivity index (χ0n) is 18.7. The standard InChI is InChI=1S/C21H30N4O6/c1-7-21(10-26)16-15(28-20(5,6)30-16)14(29-21)12-8-9-13-17(22-11-23-25(12)13)24-18(27)31-19(2,3)4/h8-9,11,14-16,26H,7,10H2,1-6H3,(H,22,23,24,27)/t14-,15-,16-,21-/m0/s1. The Kier molecular flexibility index (Phi) is 5.24. The van der Waals surface area contributed by atoms with Crippen LogP contribution in [0.25, 0.3) is 5.52 Å². The maximum absolute atomic E-state index is 12.2. The number of aromatic nitrogens is 3. The summed E-state index contributed by atoms with van der Waals surface area (Å²) in [6.07, 6.45) is -0.0559. The van der Waals surface area contributed by atoms with Crippen LogP contribution in [0.1, 0.15) is 59.8 Å². The molecular weight excluding hydrogens is 404 g/mol. The fraction of sp³-hybridized carbons (Fsp3) is 0.667. The lowest BCUT2D eigenvalue weighted by molar-refractivity contribution is -0.218. The first kappa shape index (κ1) is 21.9. The minimum atomic E-state index is -0.877. The third-order valence-corrected chi connectivity index (χ3v) is 5.57. The van der Waals surface area contributed by atoms with E-state index in [4.69, 9.17) is 18.9 Å². The van der Waals surface area contributed by atoms with Gasteiger partial charge in [-0.1, -0.05) is 6.92 Å². The molecule has 0 unspecified atom stereocenters. The molecule has 2 fully saturated rings. The molecule has 2 aliphatic heterocycles. The number of hydrogen-bond acceptors (Lipinski definition) is 8. The molecule has 0 spiro atoms. The van der Waals surface area contributed by atoms with Gasteiger partial charge >= 0.3 is 6.09 Å². The molecule has 31 heavy (non-hydrogen) atoms. The Balaban J connectivity index is 1.68. The number of amides is 1. The molecule has 2 aromatic heterocycles. The second kappa shape index (κ2) is 7.40. The highest BCUT2D eigenvalue weighted by molar-refractivity contribution is 5.88. The number of hydrogen-bond donors (Lipinski definition) is 2. The van der Waals surface area contributed by atoms with Gasteiger partial charge in [0.2, 0.25) is 0 Å². The Labute approximate surface area is 180 Å². The van der Waals surface area contributed by atoms with Gasteiger partial charge in [0, 0.05) is 0 Å². The van der Waals surface area contributed by atoms with E-state index in [0.717, 1.165) is 0 Å². The number of rotatable bonds is 4. The SMILES string of the molecule is CC[C@@]1(CO)O[C@@H](c2ccc3c(NC(=O)OC(C)(C)C)ncnn23)[C@@H]2OC(C)(C)O[C@@H]21. The van der Waals surface area contributed by atoms with E-state index in [2.05, 4.69) is 15.4 Å². The van der Waals surface area contributed by atoms with E-state index < -0.39 is 41.4 Å². The summed E-state index contributed by atoms with van der Waals surface area (Å²) in [5.74, 6) is -0.476. The first-order valence-electron chi connectivity index (χ1n) is 10.5. The highest BCUT2D eigenvalue weighted by atomic mass is 16.8. The van der Waals surface area contributed by atoms with Crippen LogP contribution >= 0.6 is 0 Å². The van der Waals surface area contributed by atoms with E-state index in [9.17, 15) is 9.90 Å². The lowest BCUT2D eigenvalue weighted by atomic mass is 9.92. The van der Waals surface area contributed by atoms with Crippen LogP contribution in [0.4, 0.5) is 10.6 Å². The van der Waals surface area contributed by atoms with Crippen molar-refractivity contribution in [3.8, 4) is 0 Å². The van der Waals surface area contributed by atoms with Crippen LogP contribution in [-0.2, 0) is 18.9 Å². The fourth-order valence-electron chi connectivity index (χ4n) is 4.22. The van der Waals surface area contributed by atoms with Gasteiger partial charge < -0.3 is 24.1 Å². The highest BCUT2D eigenvalue weighted by Gasteiger charge is 2.62. The van der Waals surface area contributed by atoms with E-state index in [1.165, 1.54) is 6.33 Å². The Morgan fingerprint density at radius 3 is 2.68 bits per heavy atom. The van der Waals surface area contributed by atoms with Crippen LogP contribution in [0, 0.1) is 0 Å². The van der Waals surface area contributed by atoms with E-state index in [1.54, 1.807) is 31.4 Å². The topological polar surface area (TPSA) is 116 Å². The van der Waals surface area contributed by atoms with E-state index >= 15 is 0 Å². The Hall–Kier alpha value is -2.27. The van der Waals surface area contributed by atoms with Gasteiger partial charge in [0.25, 0.3) is 0 Å². The first-order chi connectivity index (χ1) is 14.5. The van der Waals surface area contributed by atoms with Gasteiger partial charge in [0.1, 0.15) is 41.4 Å². The van der Waals surface area contributed by atoms with Crippen molar-refractivity contribution in [1.29, 1.82) is 0 Å². The molecule has 2 aliphatic rings. The van der Waals surface area contributed by atoms with Gasteiger partial charge in [-0.15, -0.1) is 0 Å². The molecule has 170 valence electrons. The smallest absolute Gasteiger partial charge is 0.413 e. The Morgan fingerprint density at radius 2 is 2.03 bits per heavy atom. The number of nitrogens with zero attached hydrogens (tertiary/aromatic N) is 3. The van der Waals surface area contributed by atoms with Crippen molar-refractivity contribution in [1.82, 2.24) is 14.6 Å². The molecule has 0 bridgehead atoms. The quantitative estimate of drug-likeness (QED) is 0.755. The van der Waals surface area contributed by atoms with Crippen molar-refractivity contribution < 1.29 is 28.8 Å². The van der Waals surface area contributed by atoms with Crippen molar-refractivity contribution in [3.05, 3.63) is 24.2 Å². The Bertz CT molecular complexity index is 978. The number of carbonyl (C=O) groups excluding carboxylic acids is 1. The molecule has 10 nitrogen and oxygen atoms in total. The van der Waals surface area contributed by atoms with Crippen LogP contribution in [0.3, 0.4) is 0 Å². The van der Waals surface area contributed by atoms with Crippen LogP contribution < -0.4 is 5.32 Å². The minimum absolute atomic E-state index is 0.190. The first-order valence-corrected chi connectivity index (χ1v) is 10.5. The van der Waals surface area contributed by atoms with Crippen LogP contribution in [0.5, 0.6) is 0 Å². The third kappa shape index (κ3) is 3.89. The van der Waals surface area contributed by atoms with Gasteiger partial charge in [-0.25, -0.2) is 14.3 Å². The summed E-state index contributed by atoms with van der Waals surface area (Å²) < 4.78 is 25.6. The van der Waals surface area contributed by atoms with Crippen molar-refractivity contribution in [2.75, 3.05) is 11.9 Å². The molecule has 0 aliphatic carbocycles.